The van der Waals surface area contributed by atoms with Gasteiger partial charge in [0.05, 0.1) is 17.7 Å². The molecule has 108 valence electrons. The summed E-state index contributed by atoms with van der Waals surface area (Å²) in [6.07, 6.45) is 0.124. The van der Waals surface area contributed by atoms with E-state index < -0.39 is 0 Å². The Morgan fingerprint density at radius 1 is 1.21 bits per heavy atom. The van der Waals surface area contributed by atoms with Gasteiger partial charge in [-0.05, 0) is 31.5 Å². The van der Waals surface area contributed by atoms with Gasteiger partial charge >= 0.3 is 0 Å². The van der Waals surface area contributed by atoms with Crippen LogP contribution in [0.5, 0.6) is 5.75 Å². The third kappa shape index (κ3) is 6.78. The van der Waals surface area contributed by atoms with Crippen molar-refractivity contribution in [3.8, 4) is 5.75 Å². The van der Waals surface area contributed by atoms with Crippen LogP contribution in [0.2, 0.25) is 5.02 Å². The predicted molar refractivity (Wildman–Crippen MR) is 78.9 cm³/mol. The van der Waals surface area contributed by atoms with Gasteiger partial charge in [0.25, 0.3) is 0 Å². The van der Waals surface area contributed by atoms with Gasteiger partial charge in [0.1, 0.15) is 5.75 Å². The van der Waals surface area contributed by atoms with Crippen molar-refractivity contribution in [3.05, 3.63) is 28.8 Å². The fourth-order valence-electron chi connectivity index (χ4n) is 1.62. The molecule has 1 aromatic rings. The van der Waals surface area contributed by atoms with Crippen LogP contribution in [-0.2, 0) is 6.54 Å². The maximum absolute atomic E-state index is 8.61. The first-order chi connectivity index (χ1) is 9.13. The van der Waals surface area contributed by atoms with Crippen LogP contribution in [0.15, 0.2) is 18.2 Å². The fourth-order valence-corrected chi connectivity index (χ4v) is 1.87. The van der Waals surface area contributed by atoms with Gasteiger partial charge in [-0.2, -0.15) is 0 Å². The molecule has 0 aromatic heterocycles. The lowest BCUT2D eigenvalue weighted by molar-refractivity contribution is 0.242. The number of hydrogen-bond acceptors (Lipinski definition) is 4. The number of aliphatic hydroxyl groups excluding tert-OH is 1. The summed E-state index contributed by atoms with van der Waals surface area (Å²) in [7, 11) is 0. The van der Waals surface area contributed by atoms with Gasteiger partial charge in [0.2, 0.25) is 0 Å². The lowest BCUT2D eigenvalue weighted by atomic mass is 10.2. The Morgan fingerprint density at radius 3 is 2.58 bits per heavy atom. The SMILES string of the molecule is CC(C)Oc1ccc(CNCCNCCO)cc1Cl. The Hall–Kier alpha value is -0.810. The first-order valence-electron chi connectivity index (χ1n) is 6.61. The minimum absolute atomic E-state index is 0.124. The van der Waals surface area contributed by atoms with Crippen molar-refractivity contribution in [2.45, 2.75) is 26.5 Å². The number of rotatable bonds is 9. The molecule has 3 N–H and O–H groups in total. The fraction of sp³-hybridized carbons (Fsp3) is 0.571. The smallest absolute Gasteiger partial charge is 0.138 e. The maximum atomic E-state index is 8.61. The number of aliphatic hydroxyl groups is 1. The third-order valence-electron chi connectivity index (χ3n) is 2.46. The molecule has 0 aliphatic rings. The van der Waals surface area contributed by atoms with E-state index in [9.17, 15) is 0 Å². The molecular formula is C14H23ClN2O2. The van der Waals surface area contributed by atoms with Gasteiger partial charge in [-0.1, -0.05) is 17.7 Å². The summed E-state index contributed by atoms with van der Waals surface area (Å²) in [5.41, 5.74) is 1.13. The number of ether oxygens (including phenoxy) is 1. The van der Waals surface area contributed by atoms with E-state index in [4.69, 9.17) is 21.4 Å². The van der Waals surface area contributed by atoms with Crippen LogP contribution in [-0.4, -0.2) is 37.5 Å². The second kappa shape index (κ2) is 9.15. The van der Waals surface area contributed by atoms with Gasteiger partial charge < -0.3 is 20.5 Å². The topological polar surface area (TPSA) is 53.5 Å². The van der Waals surface area contributed by atoms with Crippen molar-refractivity contribution in [1.29, 1.82) is 0 Å². The van der Waals surface area contributed by atoms with Gasteiger partial charge in [0.15, 0.2) is 0 Å². The van der Waals surface area contributed by atoms with E-state index in [0.29, 0.717) is 11.6 Å². The van der Waals surface area contributed by atoms with Gasteiger partial charge in [-0.15, -0.1) is 0 Å². The average molecular weight is 287 g/mol. The normalized spacial score (nSPS) is 11.0. The van der Waals surface area contributed by atoms with Crippen LogP contribution in [0.25, 0.3) is 0 Å². The van der Waals surface area contributed by atoms with Crippen LogP contribution in [0.4, 0.5) is 0 Å². The molecule has 0 heterocycles. The summed E-state index contributed by atoms with van der Waals surface area (Å²) in [6.45, 7) is 7.21. The molecule has 0 aliphatic carbocycles. The first-order valence-corrected chi connectivity index (χ1v) is 6.98. The summed E-state index contributed by atoms with van der Waals surface area (Å²) < 4.78 is 5.58. The molecule has 0 radical (unpaired) electrons. The standard InChI is InChI=1S/C14H23ClN2O2/c1-11(2)19-14-4-3-12(9-13(14)15)10-17-6-5-16-7-8-18/h3-4,9,11,16-18H,5-8,10H2,1-2H3. The molecule has 0 atom stereocenters. The molecule has 0 fully saturated rings. The van der Waals surface area contributed by atoms with E-state index in [1.165, 1.54) is 0 Å². The zero-order chi connectivity index (χ0) is 14.1. The molecular weight excluding hydrogens is 264 g/mol. The second-order valence-corrected chi connectivity index (χ2v) is 4.99. The van der Waals surface area contributed by atoms with E-state index in [1.807, 2.05) is 32.0 Å². The maximum Gasteiger partial charge on any atom is 0.138 e. The summed E-state index contributed by atoms with van der Waals surface area (Å²) in [4.78, 5) is 0. The zero-order valence-electron chi connectivity index (χ0n) is 11.6. The summed E-state index contributed by atoms with van der Waals surface area (Å²) in [5.74, 6) is 0.727. The number of benzene rings is 1. The monoisotopic (exact) mass is 286 g/mol. The molecule has 1 aromatic carbocycles. The highest BCUT2D eigenvalue weighted by Gasteiger charge is 2.04. The van der Waals surface area contributed by atoms with Crippen LogP contribution in [0.3, 0.4) is 0 Å². The number of hydrogen-bond donors (Lipinski definition) is 3. The van der Waals surface area contributed by atoms with Crippen molar-refractivity contribution >= 4 is 11.6 Å². The average Bonchev–Trinajstić information content (AvgIpc) is 2.36. The number of nitrogens with one attached hydrogen (secondary N) is 2. The lowest BCUT2D eigenvalue weighted by Gasteiger charge is -2.12. The van der Waals surface area contributed by atoms with Crippen LogP contribution in [0.1, 0.15) is 19.4 Å². The molecule has 1 rings (SSSR count). The van der Waals surface area contributed by atoms with Gasteiger partial charge in [0, 0.05) is 26.2 Å². The molecule has 19 heavy (non-hydrogen) atoms. The summed E-state index contributed by atoms with van der Waals surface area (Å²) in [6, 6.07) is 5.84. The molecule has 5 heteroatoms. The Labute approximate surface area is 120 Å². The van der Waals surface area contributed by atoms with E-state index in [2.05, 4.69) is 10.6 Å². The van der Waals surface area contributed by atoms with Crippen molar-refractivity contribution < 1.29 is 9.84 Å². The number of halogens is 1. The first kappa shape index (κ1) is 16.2. The van der Waals surface area contributed by atoms with Crippen molar-refractivity contribution in [3.63, 3.8) is 0 Å². The molecule has 0 saturated heterocycles. The quantitative estimate of drug-likeness (QED) is 0.606. The van der Waals surface area contributed by atoms with Gasteiger partial charge in [-0.25, -0.2) is 0 Å². The second-order valence-electron chi connectivity index (χ2n) is 4.58. The van der Waals surface area contributed by atoms with Crippen molar-refractivity contribution in [2.24, 2.45) is 0 Å². The minimum Gasteiger partial charge on any atom is -0.489 e. The molecule has 0 saturated carbocycles. The molecule has 4 nitrogen and oxygen atoms in total. The summed E-state index contributed by atoms with van der Waals surface area (Å²) in [5, 5.41) is 15.7. The highest BCUT2D eigenvalue weighted by molar-refractivity contribution is 6.32. The molecule has 0 amide bonds. The highest BCUT2D eigenvalue weighted by atomic mass is 35.5. The third-order valence-corrected chi connectivity index (χ3v) is 2.75. The lowest BCUT2D eigenvalue weighted by Crippen LogP contribution is -2.28. The largest absolute Gasteiger partial charge is 0.489 e. The zero-order valence-corrected chi connectivity index (χ0v) is 12.3. The predicted octanol–water partition coefficient (Wildman–Crippen LogP) is 1.80. The van der Waals surface area contributed by atoms with Gasteiger partial charge in [-0.3, -0.25) is 0 Å². The van der Waals surface area contributed by atoms with Crippen LogP contribution < -0.4 is 15.4 Å². The van der Waals surface area contributed by atoms with Crippen LogP contribution in [0, 0.1) is 0 Å². The minimum atomic E-state index is 0.124. The van der Waals surface area contributed by atoms with E-state index in [0.717, 1.165) is 30.9 Å². The van der Waals surface area contributed by atoms with Crippen LogP contribution >= 0.6 is 11.6 Å². The Morgan fingerprint density at radius 2 is 1.95 bits per heavy atom. The summed E-state index contributed by atoms with van der Waals surface area (Å²) >= 11 is 6.16. The van der Waals surface area contributed by atoms with E-state index in [-0.39, 0.29) is 12.7 Å². The highest BCUT2D eigenvalue weighted by Crippen LogP contribution is 2.26. The van der Waals surface area contributed by atoms with E-state index in [1.54, 1.807) is 0 Å². The molecule has 0 bridgehead atoms. The molecule has 0 unspecified atom stereocenters. The molecule has 0 aliphatic heterocycles. The Kier molecular flexibility index (Phi) is 7.82. The van der Waals surface area contributed by atoms with Crippen molar-refractivity contribution in [1.82, 2.24) is 10.6 Å². The Balaban J connectivity index is 2.33. The van der Waals surface area contributed by atoms with Crippen molar-refractivity contribution in [2.75, 3.05) is 26.2 Å². The molecule has 0 spiro atoms. The Bertz CT molecular complexity index is 372. The van der Waals surface area contributed by atoms with E-state index >= 15 is 0 Å².